The van der Waals surface area contributed by atoms with Gasteiger partial charge in [0.1, 0.15) is 22.5 Å². The van der Waals surface area contributed by atoms with E-state index in [2.05, 4.69) is 9.97 Å². The van der Waals surface area contributed by atoms with Crippen molar-refractivity contribution in [2.45, 2.75) is 0 Å². The van der Waals surface area contributed by atoms with Gasteiger partial charge in [-0.15, -0.1) is 0 Å². The van der Waals surface area contributed by atoms with Crippen LogP contribution >= 0.6 is 0 Å². The van der Waals surface area contributed by atoms with Crippen molar-refractivity contribution in [3.05, 3.63) is 73.1 Å². The molecule has 2 aromatic carbocycles. The van der Waals surface area contributed by atoms with Crippen LogP contribution in [0, 0.1) is 0 Å². The minimum Gasteiger partial charge on any atom is -0.759 e. The van der Waals surface area contributed by atoms with Gasteiger partial charge in [0.15, 0.2) is 0 Å². The number of rotatable bonds is 0. The van der Waals surface area contributed by atoms with Crippen molar-refractivity contribution in [3.8, 4) is 11.5 Å². The van der Waals surface area contributed by atoms with Crippen molar-refractivity contribution in [3.63, 3.8) is 0 Å². The van der Waals surface area contributed by atoms with Crippen LogP contribution in [0.25, 0.3) is 21.8 Å². The summed E-state index contributed by atoms with van der Waals surface area (Å²) < 4.78 is 34.1. The standard InChI is InChI=1S/2C9H7NO.2K.H2O4S/c2*11-8-5-1-3-7-4-2-6-10-9(7)8;;;1-5(2,3)4/h2*1-6,11H;;;(H2,1,2,3,4)/q;;2*+1;/p-2. The van der Waals surface area contributed by atoms with Crippen molar-refractivity contribution in [2.75, 3.05) is 0 Å². The van der Waals surface area contributed by atoms with Crippen LogP contribution in [0.15, 0.2) is 73.1 Å². The van der Waals surface area contributed by atoms with Gasteiger partial charge in [-0.1, -0.05) is 36.4 Å². The fourth-order valence-electron chi connectivity index (χ4n) is 2.18. The molecule has 140 valence electrons. The second-order valence-corrected chi connectivity index (χ2v) is 5.93. The van der Waals surface area contributed by atoms with Gasteiger partial charge in [-0.05, 0) is 24.3 Å². The van der Waals surface area contributed by atoms with Crippen LogP contribution in [0.3, 0.4) is 0 Å². The molecule has 0 bridgehead atoms. The first-order valence-corrected chi connectivity index (χ1v) is 8.81. The molecule has 4 aromatic rings. The number of fused-ring (bicyclic) bond motifs is 2. The molecule has 8 nitrogen and oxygen atoms in total. The maximum atomic E-state index is 9.31. The fraction of sp³-hybridized carbons (Fsp3) is 0. The van der Waals surface area contributed by atoms with E-state index in [1.54, 1.807) is 36.7 Å². The van der Waals surface area contributed by atoms with Gasteiger partial charge in [0, 0.05) is 33.6 Å². The number of para-hydroxylation sites is 2. The van der Waals surface area contributed by atoms with E-state index in [9.17, 15) is 10.2 Å². The summed E-state index contributed by atoms with van der Waals surface area (Å²) in [7, 11) is -5.17. The predicted octanol–water partition coefficient (Wildman–Crippen LogP) is -3.45. The van der Waals surface area contributed by atoms with Gasteiger partial charge >= 0.3 is 103 Å². The molecule has 0 aliphatic carbocycles. The van der Waals surface area contributed by atoms with E-state index in [1.165, 1.54) is 0 Å². The molecule has 0 atom stereocenters. The third kappa shape index (κ3) is 10.7. The Kier molecular flexibility index (Phi) is 14.1. The molecule has 0 fully saturated rings. The SMILES string of the molecule is O=S(=O)([O-])[O-].Oc1cccc2cccnc12.Oc1cccc2cccnc12.[K+].[K+]. The average Bonchev–Trinajstić information content (AvgIpc) is 2.62. The first-order chi connectivity index (χ1) is 12.8. The first kappa shape index (κ1) is 29.0. The third-order valence-electron chi connectivity index (χ3n) is 3.22. The van der Waals surface area contributed by atoms with Gasteiger partial charge < -0.3 is 19.3 Å². The molecular weight excluding hydrogens is 450 g/mol. The van der Waals surface area contributed by atoms with E-state index in [-0.39, 0.29) is 114 Å². The molecule has 0 aliphatic heterocycles. The Balaban J connectivity index is 0.000000420. The number of hydrogen-bond acceptors (Lipinski definition) is 8. The molecule has 2 N–H and O–H groups in total. The molecule has 0 spiro atoms. The minimum absolute atomic E-state index is 0. The number of nitrogens with zero attached hydrogens (tertiary/aromatic N) is 2. The number of aromatic hydroxyl groups is 2. The zero-order valence-electron chi connectivity index (χ0n) is 15.8. The molecule has 0 unspecified atom stereocenters. The molecule has 0 amide bonds. The van der Waals surface area contributed by atoms with Crippen LogP contribution in [-0.4, -0.2) is 37.7 Å². The average molecular weight is 465 g/mol. The quantitative estimate of drug-likeness (QED) is 0.155. The van der Waals surface area contributed by atoms with Crippen LogP contribution in [0.1, 0.15) is 0 Å². The Morgan fingerprint density at radius 2 is 0.966 bits per heavy atom. The van der Waals surface area contributed by atoms with Crippen LogP contribution in [0.5, 0.6) is 11.5 Å². The van der Waals surface area contributed by atoms with Gasteiger partial charge in [-0.2, -0.15) is 0 Å². The van der Waals surface area contributed by atoms with Crippen molar-refractivity contribution in [1.82, 2.24) is 9.97 Å². The second-order valence-electron chi connectivity index (χ2n) is 5.11. The molecular formula is C18H14K2N2O6S. The number of benzene rings is 2. The van der Waals surface area contributed by atoms with E-state index >= 15 is 0 Å². The molecule has 0 saturated carbocycles. The van der Waals surface area contributed by atoms with Gasteiger partial charge in [0.2, 0.25) is 0 Å². The summed E-state index contributed by atoms with van der Waals surface area (Å²) in [6, 6.07) is 18.3. The number of phenols is 2. The van der Waals surface area contributed by atoms with Crippen LogP contribution in [0.2, 0.25) is 0 Å². The summed E-state index contributed by atoms with van der Waals surface area (Å²) in [5, 5.41) is 20.5. The Labute approximate surface area is 252 Å². The molecule has 29 heavy (non-hydrogen) atoms. The van der Waals surface area contributed by atoms with Crippen molar-refractivity contribution in [1.29, 1.82) is 0 Å². The largest absolute Gasteiger partial charge is 1.00 e. The minimum atomic E-state index is -5.17. The monoisotopic (exact) mass is 464 g/mol. The molecule has 0 saturated heterocycles. The van der Waals surface area contributed by atoms with Gasteiger partial charge in [0.25, 0.3) is 0 Å². The summed E-state index contributed by atoms with van der Waals surface area (Å²) in [4.78, 5) is 8.06. The third-order valence-corrected chi connectivity index (χ3v) is 3.22. The predicted molar refractivity (Wildman–Crippen MR) is 97.3 cm³/mol. The first-order valence-electron chi connectivity index (χ1n) is 7.48. The zero-order chi connectivity index (χ0) is 19.9. The number of aromatic nitrogens is 2. The zero-order valence-corrected chi connectivity index (χ0v) is 22.8. The fourth-order valence-corrected chi connectivity index (χ4v) is 2.18. The van der Waals surface area contributed by atoms with Crippen molar-refractivity contribution in [2.24, 2.45) is 0 Å². The number of hydrogen-bond donors (Lipinski definition) is 2. The Morgan fingerprint density at radius 1 is 0.655 bits per heavy atom. The maximum absolute atomic E-state index is 9.31. The summed E-state index contributed by atoms with van der Waals surface area (Å²) in [5.41, 5.74) is 1.32. The maximum Gasteiger partial charge on any atom is 1.00 e. The Bertz CT molecular complexity index is 1060. The number of phenolic OH excluding ortho intramolecular Hbond substituents is 2. The summed E-state index contributed by atoms with van der Waals surface area (Å²) >= 11 is 0. The summed E-state index contributed by atoms with van der Waals surface area (Å²) in [6.45, 7) is 0. The van der Waals surface area contributed by atoms with Gasteiger partial charge in [0.05, 0.1) is 0 Å². The van der Waals surface area contributed by atoms with Gasteiger partial charge in [-0.25, -0.2) is 0 Å². The van der Waals surface area contributed by atoms with Crippen LogP contribution in [0.4, 0.5) is 0 Å². The Morgan fingerprint density at radius 3 is 1.28 bits per heavy atom. The normalized spacial score (nSPS) is 9.72. The van der Waals surface area contributed by atoms with Crippen molar-refractivity contribution >= 4 is 32.2 Å². The van der Waals surface area contributed by atoms with Crippen LogP contribution < -0.4 is 103 Å². The topological polar surface area (TPSA) is 146 Å². The smallest absolute Gasteiger partial charge is 0.759 e. The second kappa shape index (κ2) is 14.1. The molecule has 0 aliphatic rings. The van der Waals surface area contributed by atoms with E-state index in [1.807, 2.05) is 36.4 Å². The molecule has 0 radical (unpaired) electrons. The van der Waals surface area contributed by atoms with Crippen LogP contribution in [-0.2, 0) is 10.4 Å². The van der Waals surface area contributed by atoms with E-state index in [0.29, 0.717) is 11.0 Å². The molecule has 2 aromatic heterocycles. The van der Waals surface area contributed by atoms with E-state index in [4.69, 9.17) is 17.5 Å². The van der Waals surface area contributed by atoms with Gasteiger partial charge in [-0.3, -0.25) is 18.4 Å². The number of pyridine rings is 2. The summed E-state index contributed by atoms with van der Waals surface area (Å²) in [6.07, 6.45) is 3.34. The summed E-state index contributed by atoms with van der Waals surface area (Å²) in [5.74, 6) is 0.478. The Hall–Kier alpha value is 0.00273. The van der Waals surface area contributed by atoms with E-state index in [0.717, 1.165) is 10.8 Å². The molecule has 11 heteroatoms. The molecule has 2 heterocycles. The van der Waals surface area contributed by atoms with Crippen molar-refractivity contribution < 1.29 is 131 Å². The molecule has 4 rings (SSSR count). The van der Waals surface area contributed by atoms with E-state index < -0.39 is 10.4 Å².